The molecule has 1 aliphatic rings. The Morgan fingerprint density at radius 2 is 2.46 bits per heavy atom. The number of aliphatic hydroxyl groups excluding tert-OH is 1. The number of hydrogen-bond acceptors (Lipinski definition) is 7. The van der Waals surface area contributed by atoms with Gasteiger partial charge in [-0.3, -0.25) is 10.1 Å². The van der Waals surface area contributed by atoms with Gasteiger partial charge in [-0.05, 0) is 27.4 Å². The van der Waals surface area contributed by atoms with Crippen molar-refractivity contribution in [1.29, 1.82) is 0 Å². The molecule has 0 amide bonds. The maximum Gasteiger partial charge on any atom is 0.288 e. The number of pyridine rings is 1. The molecule has 7 nitrogen and oxygen atoms in total. The first-order valence-electron chi connectivity index (χ1n) is 7.42. The Morgan fingerprint density at radius 1 is 1.62 bits per heavy atom. The maximum atomic E-state index is 10.9. The predicted molar refractivity (Wildman–Crippen MR) is 94.4 cm³/mol. The summed E-state index contributed by atoms with van der Waals surface area (Å²) in [4.78, 5) is 17.6. The monoisotopic (exact) mass is 413 g/mol. The number of morpholine rings is 1. The van der Waals surface area contributed by atoms with Crippen LogP contribution in [0.3, 0.4) is 0 Å². The molecule has 0 spiro atoms. The summed E-state index contributed by atoms with van der Waals surface area (Å²) < 4.78 is 6.12. The smallest absolute Gasteiger partial charge is 0.288 e. The molecule has 0 aliphatic carbocycles. The Bertz CT molecular complexity index is 713. The summed E-state index contributed by atoms with van der Waals surface area (Å²) in [7, 11) is 0. The molecule has 24 heavy (non-hydrogen) atoms. The molecule has 128 valence electrons. The minimum Gasteiger partial charge on any atom is -0.387 e. The van der Waals surface area contributed by atoms with E-state index in [1.807, 2.05) is 22.4 Å². The van der Waals surface area contributed by atoms with Crippen molar-refractivity contribution in [2.45, 2.75) is 18.6 Å². The summed E-state index contributed by atoms with van der Waals surface area (Å²) in [5, 5.41) is 23.2. The van der Waals surface area contributed by atoms with Gasteiger partial charge in [0.25, 0.3) is 5.69 Å². The van der Waals surface area contributed by atoms with Crippen molar-refractivity contribution in [3.05, 3.63) is 49.2 Å². The van der Waals surface area contributed by atoms with E-state index in [4.69, 9.17) is 4.74 Å². The van der Waals surface area contributed by atoms with Crippen LogP contribution in [0, 0.1) is 10.1 Å². The number of nitrogens with zero attached hydrogens (tertiary/aromatic N) is 3. The van der Waals surface area contributed by atoms with Crippen LogP contribution in [0.15, 0.2) is 34.2 Å². The highest BCUT2D eigenvalue weighted by atomic mass is 79.9. The van der Waals surface area contributed by atoms with Gasteiger partial charge in [-0.1, -0.05) is 6.07 Å². The number of aliphatic hydroxyl groups is 1. The van der Waals surface area contributed by atoms with Crippen LogP contribution in [0.2, 0.25) is 0 Å². The first kappa shape index (κ1) is 17.3. The van der Waals surface area contributed by atoms with E-state index < -0.39 is 11.0 Å². The fourth-order valence-electron chi connectivity index (χ4n) is 2.72. The molecule has 9 heteroatoms. The zero-order chi connectivity index (χ0) is 17.1. The van der Waals surface area contributed by atoms with E-state index in [0.717, 1.165) is 4.88 Å². The number of hydrogen-bond donors (Lipinski definition) is 1. The number of aromatic nitrogens is 1. The van der Waals surface area contributed by atoms with Gasteiger partial charge in [0, 0.05) is 23.9 Å². The molecule has 2 atom stereocenters. The van der Waals surface area contributed by atoms with E-state index in [-0.39, 0.29) is 11.7 Å². The van der Waals surface area contributed by atoms with E-state index in [0.29, 0.717) is 36.5 Å². The molecular formula is C15H16BrN3O4S. The van der Waals surface area contributed by atoms with Crippen molar-refractivity contribution in [3.63, 3.8) is 0 Å². The fourth-order valence-corrected chi connectivity index (χ4v) is 4.00. The molecule has 0 radical (unpaired) electrons. The fraction of sp³-hybridized carbons (Fsp3) is 0.400. The Kier molecular flexibility index (Phi) is 5.44. The SMILES string of the molecule is O=[N+]([O-])c1cnc(N2CCOCC2CC(O)c2cccs2)c(Br)c1. The number of halogens is 1. The van der Waals surface area contributed by atoms with E-state index >= 15 is 0 Å². The second kappa shape index (κ2) is 7.56. The number of anilines is 1. The minimum absolute atomic E-state index is 0.0545. The zero-order valence-corrected chi connectivity index (χ0v) is 15.1. The highest BCUT2D eigenvalue weighted by Gasteiger charge is 2.29. The van der Waals surface area contributed by atoms with Gasteiger partial charge in [-0.15, -0.1) is 11.3 Å². The summed E-state index contributed by atoms with van der Waals surface area (Å²) in [6, 6.07) is 5.21. The molecule has 1 aliphatic heterocycles. The summed E-state index contributed by atoms with van der Waals surface area (Å²) in [6.45, 7) is 1.65. The van der Waals surface area contributed by atoms with Gasteiger partial charge in [0.1, 0.15) is 12.0 Å². The highest BCUT2D eigenvalue weighted by molar-refractivity contribution is 9.10. The van der Waals surface area contributed by atoms with Gasteiger partial charge in [0.05, 0.1) is 34.8 Å². The van der Waals surface area contributed by atoms with Gasteiger partial charge in [-0.25, -0.2) is 4.98 Å². The lowest BCUT2D eigenvalue weighted by Gasteiger charge is -2.37. The first-order valence-corrected chi connectivity index (χ1v) is 9.09. The van der Waals surface area contributed by atoms with Gasteiger partial charge in [-0.2, -0.15) is 0 Å². The van der Waals surface area contributed by atoms with Crippen LogP contribution in [-0.2, 0) is 4.74 Å². The predicted octanol–water partition coefficient (Wildman–Crippen LogP) is 3.14. The number of thiophene rings is 1. The lowest BCUT2D eigenvalue weighted by molar-refractivity contribution is -0.385. The van der Waals surface area contributed by atoms with E-state index in [1.54, 1.807) is 0 Å². The van der Waals surface area contributed by atoms with Crippen LogP contribution < -0.4 is 4.90 Å². The molecule has 2 unspecified atom stereocenters. The van der Waals surface area contributed by atoms with Crippen molar-refractivity contribution in [2.75, 3.05) is 24.7 Å². The van der Waals surface area contributed by atoms with Gasteiger partial charge in [0.15, 0.2) is 0 Å². The topological polar surface area (TPSA) is 88.7 Å². The number of rotatable bonds is 5. The normalized spacial score (nSPS) is 19.2. The van der Waals surface area contributed by atoms with Crippen LogP contribution in [0.1, 0.15) is 17.4 Å². The average molecular weight is 414 g/mol. The Morgan fingerprint density at radius 3 is 3.12 bits per heavy atom. The van der Waals surface area contributed by atoms with Crippen molar-refractivity contribution in [3.8, 4) is 0 Å². The van der Waals surface area contributed by atoms with Crippen molar-refractivity contribution < 1.29 is 14.8 Å². The molecule has 2 aromatic heterocycles. The molecule has 3 heterocycles. The van der Waals surface area contributed by atoms with Crippen molar-refractivity contribution >= 4 is 38.8 Å². The van der Waals surface area contributed by atoms with Crippen molar-refractivity contribution in [1.82, 2.24) is 4.98 Å². The maximum absolute atomic E-state index is 10.9. The van der Waals surface area contributed by atoms with Crippen LogP contribution >= 0.6 is 27.3 Å². The quantitative estimate of drug-likeness (QED) is 0.598. The lowest BCUT2D eigenvalue weighted by atomic mass is 10.1. The van der Waals surface area contributed by atoms with Crippen LogP contribution in [-0.4, -0.2) is 40.8 Å². The zero-order valence-electron chi connectivity index (χ0n) is 12.7. The first-order chi connectivity index (χ1) is 11.6. The molecule has 0 bridgehead atoms. The number of nitro groups is 1. The Hall–Kier alpha value is -1.55. The second-order valence-corrected chi connectivity index (χ2v) is 7.28. The number of ether oxygens (including phenoxy) is 1. The lowest BCUT2D eigenvalue weighted by Crippen LogP contribution is -2.46. The molecule has 1 saturated heterocycles. The molecule has 2 aromatic rings. The second-order valence-electron chi connectivity index (χ2n) is 5.45. The molecule has 3 rings (SSSR count). The largest absolute Gasteiger partial charge is 0.387 e. The average Bonchev–Trinajstić information content (AvgIpc) is 3.10. The van der Waals surface area contributed by atoms with Crippen LogP contribution in [0.5, 0.6) is 0 Å². The molecule has 0 aromatic carbocycles. The van der Waals surface area contributed by atoms with Gasteiger partial charge >= 0.3 is 0 Å². The van der Waals surface area contributed by atoms with Gasteiger partial charge in [0.2, 0.25) is 0 Å². The Labute approximate surface area is 151 Å². The summed E-state index contributed by atoms with van der Waals surface area (Å²) in [5.41, 5.74) is -0.0611. The minimum atomic E-state index is -0.573. The molecule has 1 fully saturated rings. The molecule has 1 N–H and O–H groups in total. The van der Waals surface area contributed by atoms with E-state index in [1.165, 1.54) is 23.6 Å². The van der Waals surface area contributed by atoms with Crippen molar-refractivity contribution in [2.24, 2.45) is 0 Å². The highest BCUT2D eigenvalue weighted by Crippen LogP contribution is 2.32. The Balaban J connectivity index is 1.80. The van der Waals surface area contributed by atoms with Gasteiger partial charge < -0.3 is 14.7 Å². The van der Waals surface area contributed by atoms with Crippen LogP contribution in [0.4, 0.5) is 11.5 Å². The van der Waals surface area contributed by atoms with E-state index in [2.05, 4.69) is 20.9 Å². The standard InChI is InChI=1S/C15H16BrN3O4S/c16-12-6-10(19(21)22)8-17-15(12)18-3-4-23-9-11(18)7-13(20)14-2-1-5-24-14/h1-2,5-6,8,11,13,20H,3-4,7,9H2. The summed E-state index contributed by atoms with van der Waals surface area (Å²) in [6.07, 6.45) is 1.18. The van der Waals surface area contributed by atoms with E-state index in [9.17, 15) is 15.2 Å². The van der Waals surface area contributed by atoms with Crippen LogP contribution in [0.25, 0.3) is 0 Å². The third kappa shape index (κ3) is 3.75. The third-order valence-corrected chi connectivity index (χ3v) is 5.44. The summed E-state index contributed by atoms with van der Waals surface area (Å²) >= 11 is 4.89. The third-order valence-electron chi connectivity index (χ3n) is 3.88. The molecular weight excluding hydrogens is 398 g/mol. The molecule has 0 saturated carbocycles. The summed E-state index contributed by atoms with van der Waals surface area (Å²) in [5.74, 6) is 0.632.